The number of nitrogens with zero attached hydrogens (tertiary/aromatic N) is 2. The molecule has 0 radical (unpaired) electrons. The first-order chi connectivity index (χ1) is 9.38. The summed E-state index contributed by atoms with van der Waals surface area (Å²) in [5.74, 6) is -0.599. The van der Waals surface area contributed by atoms with E-state index in [2.05, 4.69) is 10.4 Å². The predicted octanol–water partition coefficient (Wildman–Crippen LogP) is 2.54. The minimum Gasteiger partial charge on any atom is -0.399 e. The third-order valence-corrected chi connectivity index (χ3v) is 3.08. The van der Waals surface area contributed by atoms with Crippen LogP contribution in [0.15, 0.2) is 24.5 Å². The zero-order valence-corrected chi connectivity index (χ0v) is 12.0. The molecule has 1 aromatic carbocycles. The molecule has 2 rings (SSSR count). The SMILES string of the molecule is CC(C)n1cc(Nc2c(Cl)cc(N)cc2C(N)=O)cn1. The molecule has 0 atom stereocenters. The number of rotatable bonds is 4. The summed E-state index contributed by atoms with van der Waals surface area (Å²) in [6.07, 6.45) is 3.47. The van der Waals surface area contributed by atoms with Crippen LogP contribution < -0.4 is 16.8 Å². The van der Waals surface area contributed by atoms with Gasteiger partial charge >= 0.3 is 0 Å². The molecule has 6 nitrogen and oxygen atoms in total. The maximum Gasteiger partial charge on any atom is 0.250 e. The molecule has 0 aliphatic carbocycles. The first-order valence-corrected chi connectivity index (χ1v) is 6.46. The van der Waals surface area contributed by atoms with E-state index in [1.165, 1.54) is 6.07 Å². The number of anilines is 3. The largest absolute Gasteiger partial charge is 0.399 e. The topological polar surface area (TPSA) is 99.0 Å². The maximum absolute atomic E-state index is 11.5. The van der Waals surface area contributed by atoms with Gasteiger partial charge in [-0.2, -0.15) is 5.10 Å². The monoisotopic (exact) mass is 293 g/mol. The van der Waals surface area contributed by atoms with Crippen LogP contribution in [0.2, 0.25) is 5.02 Å². The van der Waals surface area contributed by atoms with Crippen LogP contribution in [0.4, 0.5) is 17.1 Å². The third kappa shape index (κ3) is 2.85. The normalized spacial score (nSPS) is 10.8. The Bertz CT molecular complexity index is 650. The number of hydrogen-bond donors (Lipinski definition) is 3. The summed E-state index contributed by atoms with van der Waals surface area (Å²) in [7, 11) is 0. The minimum absolute atomic E-state index is 0.239. The number of hydrogen-bond acceptors (Lipinski definition) is 4. The van der Waals surface area contributed by atoms with Gasteiger partial charge in [0.25, 0.3) is 5.91 Å². The molecule has 106 valence electrons. The van der Waals surface area contributed by atoms with Gasteiger partial charge in [-0.15, -0.1) is 0 Å². The lowest BCUT2D eigenvalue weighted by atomic mass is 10.1. The Labute approximate surface area is 121 Å². The van der Waals surface area contributed by atoms with Crippen molar-refractivity contribution in [2.24, 2.45) is 5.73 Å². The first kappa shape index (κ1) is 14.2. The summed E-state index contributed by atoms with van der Waals surface area (Å²) < 4.78 is 1.79. The van der Waals surface area contributed by atoms with Gasteiger partial charge in [0.15, 0.2) is 0 Å². The van der Waals surface area contributed by atoms with Crippen LogP contribution in [0, 0.1) is 0 Å². The van der Waals surface area contributed by atoms with E-state index in [-0.39, 0.29) is 11.6 Å². The van der Waals surface area contributed by atoms with Crippen LogP contribution in [-0.2, 0) is 0 Å². The molecule has 0 spiro atoms. The van der Waals surface area contributed by atoms with E-state index in [9.17, 15) is 4.79 Å². The van der Waals surface area contributed by atoms with Gasteiger partial charge < -0.3 is 16.8 Å². The van der Waals surface area contributed by atoms with Crippen LogP contribution in [-0.4, -0.2) is 15.7 Å². The summed E-state index contributed by atoms with van der Waals surface area (Å²) in [6, 6.07) is 3.29. The second kappa shape index (κ2) is 5.42. The number of nitrogens with two attached hydrogens (primary N) is 2. The molecule has 0 saturated carbocycles. The van der Waals surface area contributed by atoms with Gasteiger partial charge in [0.05, 0.1) is 28.2 Å². The van der Waals surface area contributed by atoms with Gasteiger partial charge in [-0.05, 0) is 26.0 Å². The van der Waals surface area contributed by atoms with E-state index in [1.54, 1.807) is 16.9 Å². The number of carbonyl (C=O) groups is 1. The number of primary amides is 1. The number of nitrogen functional groups attached to an aromatic ring is 1. The molecule has 1 amide bonds. The van der Waals surface area contributed by atoms with Crippen molar-refractivity contribution < 1.29 is 4.79 Å². The van der Waals surface area contributed by atoms with Gasteiger partial charge in [0.1, 0.15) is 0 Å². The highest BCUT2D eigenvalue weighted by molar-refractivity contribution is 6.34. The van der Waals surface area contributed by atoms with Crippen LogP contribution >= 0.6 is 11.6 Å². The van der Waals surface area contributed by atoms with E-state index >= 15 is 0 Å². The second-order valence-corrected chi connectivity index (χ2v) is 5.12. The molecule has 0 saturated heterocycles. The Morgan fingerprint density at radius 3 is 2.70 bits per heavy atom. The van der Waals surface area contributed by atoms with Crippen molar-refractivity contribution in [3.63, 3.8) is 0 Å². The minimum atomic E-state index is -0.599. The Balaban J connectivity index is 2.39. The Morgan fingerprint density at radius 2 is 2.15 bits per heavy atom. The highest BCUT2D eigenvalue weighted by Gasteiger charge is 2.14. The summed E-state index contributed by atoms with van der Waals surface area (Å²) in [5, 5.41) is 7.59. The average Bonchev–Trinajstić information content (AvgIpc) is 2.80. The lowest BCUT2D eigenvalue weighted by Gasteiger charge is -2.11. The van der Waals surface area contributed by atoms with E-state index in [4.69, 9.17) is 23.1 Å². The smallest absolute Gasteiger partial charge is 0.250 e. The molecule has 0 unspecified atom stereocenters. The maximum atomic E-state index is 11.5. The van der Waals surface area contributed by atoms with Gasteiger partial charge in [-0.3, -0.25) is 9.48 Å². The van der Waals surface area contributed by atoms with E-state index in [0.29, 0.717) is 22.1 Å². The van der Waals surface area contributed by atoms with Crippen LogP contribution in [0.25, 0.3) is 0 Å². The van der Waals surface area contributed by atoms with Crippen LogP contribution in [0.3, 0.4) is 0 Å². The van der Waals surface area contributed by atoms with Crippen molar-refractivity contribution in [2.75, 3.05) is 11.1 Å². The van der Waals surface area contributed by atoms with Crippen molar-refractivity contribution in [1.82, 2.24) is 9.78 Å². The fourth-order valence-electron chi connectivity index (χ4n) is 1.78. The van der Waals surface area contributed by atoms with E-state index < -0.39 is 5.91 Å². The number of nitrogens with one attached hydrogen (secondary N) is 1. The van der Waals surface area contributed by atoms with Crippen LogP contribution in [0.5, 0.6) is 0 Å². The van der Waals surface area contributed by atoms with Crippen LogP contribution in [0.1, 0.15) is 30.2 Å². The highest BCUT2D eigenvalue weighted by atomic mass is 35.5. The molecule has 0 fully saturated rings. The first-order valence-electron chi connectivity index (χ1n) is 6.08. The zero-order valence-electron chi connectivity index (χ0n) is 11.2. The quantitative estimate of drug-likeness (QED) is 0.754. The van der Waals surface area contributed by atoms with Gasteiger partial charge in [-0.25, -0.2) is 0 Å². The molecule has 5 N–H and O–H groups in total. The van der Waals surface area contributed by atoms with Crippen molar-refractivity contribution in [3.8, 4) is 0 Å². The second-order valence-electron chi connectivity index (χ2n) is 4.72. The van der Waals surface area contributed by atoms with E-state index in [0.717, 1.165) is 0 Å². The summed E-state index contributed by atoms with van der Waals surface area (Å²) in [6.45, 7) is 4.03. The molecular formula is C13H16ClN5O. The summed E-state index contributed by atoms with van der Waals surface area (Å²) >= 11 is 6.12. The molecule has 0 aliphatic rings. The molecule has 0 bridgehead atoms. The van der Waals surface area contributed by atoms with Gasteiger partial charge in [0.2, 0.25) is 0 Å². The number of amides is 1. The van der Waals surface area contributed by atoms with Gasteiger partial charge in [0, 0.05) is 17.9 Å². The fourth-order valence-corrected chi connectivity index (χ4v) is 2.05. The van der Waals surface area contributed by atoms with Gasteiger partial charge in [-0.1, -0.05) is 11.6 Å². The molecule has 20 heavy (non-hydrogen) atoms. The molecule has 0 aliphatic heterocycles. The molecular weight excluding hydrogens is 278 g/mol. The summed E-state index contributed by atoms with van der Waals surface area (Å²) in [5.41, 5.74) is 12.8. The zero-order chi connectivity index (χ0) is 14.9. The Hall–Kier alpha value is -2.21. The molecule has 1 heterocycles. The lowest BCUT2D eigenvalue weighted by Crippen LogP contribution is -2.14. The predicted molar refractivity (Wildman–Crippen MR) is 80.3 cm³/mol. The van der Waals surface area contributed by atoms with Crippen molar-refractivity contribution in [2.45, 2.75) is 19.9 Å². The standard InChI is InChI=1S/C13H16ClN5O/c1-7(2)19-6-9(5-17-19)18-12-10(13(16)20)3-8(15)4-11(12)14/h3-7,18H,15H2,1-2H3,(H2,16,20). The molecule has 2 aromatic rings. The average molecular weight is 294 g/mol. The van der Waals surface area contributed by atoms with Crippen molar-refractivity contribution in [3.05, 3.63) is 35.1 Å². The Morgan fingerprint density at radius 1 is 1.45 bits per heavy atom. The number of aromatic nitrogens is 2. The van der Waals surface area contributed by atoms with Crippen molar-refractivity contribution in [1.29, 1.82) is 0 Å². The number of halogens is 1. The highest BCUT2D eigenvalue weighted by Crippen LogP contribution is 2.31. The molecule has 1 aromatic heterocycles. The number of carbonyl (C=O) groups excluding carboxylic acids is 1. The third-order valence-electron chi connectivity index (χ3n) is 2.78. The number of benzene rings is 1. The van der Waals surface area contributed by atoms with E-state index in [1.807, 2.05) is 20.0 Å². The fraction of sp³-hybridized carbons (Fsp3) is 0.231. The lowest BCUT2D eigenvalue weighted by molar-refractivity contribution is 0.100. The van der Waals surface area contributed by atoms with Crippen molar-refractivity contribution >= 4 is 34.6 Å². The summed E-state index contributed by atoms with van der Waals surface area (Å²) in [4.78, 5) is 11.5. The molecule has 7 heteroatoms. The Kier molecular flexibility index (Phi) is 3.85.